The van der Waals surface area contributed by atoms with Crippen molar-refractivity contribution in [3.8, 4) is 17.0 Å². The summed E-state index contributed by atoms with van der Waals surface area (Å²) in [6.45, 7) is 0. The van der Waals surface area contributed by atoms with Gasteiger partial charge in [0.25, 0.3) is 0 Å². The summed E-state index contributed by atoms with van der Waals surface area (Å²) in [6.07, 6.45) is 10.1. The Bertz CT molecular complexity index is 1600. The maximum absolute atomic E-state index is 6.44. The maximum Gasteiger partial charge on any atom is 0.144 e. The number of para-hydroxylation sites is 3. The van der Waals surface area contributed by atoms with E-state index in [0.717, 1.165) is 45.0 Å². The quantitative estimate of drug-likeness (QED) is 0.313. The summed E-state index contributed by atoms with van der Waals surface area (Å²) in [4.78, 5) is 6.92. The molecule has 0 spiro atoms. The summed E-state index contributed by atoms with van der Waals surface area (Å²) < 4.78 is 8.45. The highest BCUT2D eigenvalue weighted by Gasteiger charge is 2.36. The van der Waals surface area contributed by atoms with Crippen molar-refractivity contribution < 1.29 is 4.74 Å². The van der Waals surface area contributed by atoms with Gasteiger partial charge in [0.2, 0.25) is 0 Å². The van der Waals surface area contributed by atoms with Crippen molar-refractivity contribution in [2.24, 2.45) is 0 Å². The van der Waals surface area contributed by atoms with E-state index in [0.29, 0.717) is 0 Å². The maximum atomic E-state index is 6.44. The Balaban J connectivity index is 1.37. The molecule has 168 valence electrons. The molecule has 2 aliphatic rings. The van der Waals surface area contributed by atoms with Crippen LogP contribution in [-0.2, 0) is 0 Å². The highest BCUT2D eigenvalue weighted by molar-refractivity contribution is 5.84. The van der Waals surface area contributed by atoms with E-state index in [9.17, 15) is 0 Å². The predicted molar refractivity (Wildman–Crippen MR) is 140 cm³/mol. The van der Waals surface area contributed by atoms with E-state index in [4.69, 9.17) is 4.74 Å². The van der Waals surface area contributed by atoms with Crippen molar-refractivity contribution in [2.45, 2.75) is 12.1 Å². The molecule has 0 fully saturated rings. The molecule has 35 heavy (non-hydrogen) atoms. The molecule has 0 saturated carbocycles. The number of hydrogen-bond acceptors (Lipinski definition) is 4. The molecule has 5 heteroatoms. The van der Waals surface area contributed by atoms with Gasteiger partial charge >= 0.3 is 0 Å². The minimum atomic E-state index is -0.117. The van der Waals surface area contributed by atoms with E-state index in [2.05, 4.69) is 81.7 Å². The Hall–Kier alpha value is -4.64. The summed E-state index contributed by atoms with van der Waals surface area (Å²) >= 11 is 0. The number of pyridine rings is 1. The fraction of sp³-hybridized carbons (Fsp3) is 0.0667. The molecule has 5 nitrogen and oxygen atoms in total. The van der Waals surface area contributed by atoms with Crippen LogP contribution in [0.15, 0.2) is 122 Å². The zero-order valence-corrected chi connectivity index (χ0v) is 18.9. The van der Waals surface area contributed by atoms with Gasteiger partial charge in [-0.1, -0.05) is 48.5 Å². The van der Waals surface area contributed by atoms with Crippen LogP contribution in [0.1, 0.15) is 0 Å². The monoisotopic (exact) mass is 454 g/mol. The third-order valence-electron chi connectivity index (χ3n) is 6.63. The van der Waals surface area contributed by atoms with Crippen molar-refractivity contribution in [3.05, 3.63) is 122 Å². The second-order valence-corrected chi connectivity index (χ2v) is 8.74. The summed E-state index contributed by atoms with van der Waals surface area (Å²) in [5, 5.41) is 5.80. The van der Waals surface area contributed by atoms with Crippen molar-refractivity contribution in [2.75, 3.05) is 4.90 Å². The Morgan fingerprint density at radius 1 is 0.829 bits per heavy atom. The third kappa shape index (κ3) is 3.32. The van der Waals surface area contributed by atoms with Crippen molar-refractivity contribution >= 4 is 28.0 Å². The first kappa shape index (κ1) is 19.8. The van der Waals surface area contributed by atoms with Gasteiger partial charge in [-0.25, -0.2) is 4.68 Å². The number of ether oxygens (including phenoxy) is 1. The van der Waals surface area contributed by atoms with Crippen LogP contribution in [0.5, 0.6) is 5.75 Å². The van der Waals surface area contributed by atoms with E-state index in [1.165, 1.54) is 0 Å². The smallest absolute Gasteiger partial charge is 0.144 e. The number of anilines is 2. The van der Waals surface area contributed by atoms with Gasteiger partial charge < -0.3 is 9.64 Å². The molecule has 2 aromatic heterocycles. The molecule has 5 aromatic rings. The van der Waals surface area contributed by atoms with E-state index in [1.807, 2.05) is 59.5 Å². The highest BCUT2D eigenvalue weighted by Crippen LogP contribution is 2.44. The Kier molecular flexibility index (Phi) is 4.52. The number of aromatic nitrogens is 3. The van der Waals surface area contributed by atoms with Crippen LogP contribution in [0.3, 0.4) is 0 Å². The fourth-order valence-corrected chi connectivity index (χ4v) is 5.00. The fourth-order valence-electron chi connectivity index (χ4n) is 5.00. The third-order valence-corrected chi connectivity index (χ3v) is 6.63. The molecule has 0 bridgehead atoms. The van der Waals surface area contributed by atoms with Gasteiger partial charge in [-0.3, -0.25) is 4.98 Å². The first-order valence-electron chi connectivity index (χ1n) is 11.7. The minimum Gasteiger partial charge on any atom is -0.482 e. The summed E-state index contributed by atoms with van der Waals surface area (Å²) in [6, 6.07) is 31.0. The molecule has 7 rings (SSSR count). The number of rotatable bonds is 3. The number of allylic oxidation sites excluding steroid dienone is 2. The van der Waals surface area contributed by atoms with Crippen LogP contribution in [0.2, 0.25) is 0 Å². The minimum absolute atomic E-state index is 0.0353. The van der Waals surface area contributed by atoms with E-state index in [1.54, 1.807) is 0 Å². The van der Waals surface area contributed by atoms with Gasteiger partial charge in [0.15, 0.2) is 0 Å². The highest BCUT2D eigenvalue weighted by atomic mass is 16.5. The SMILES string of the molecule is C1=CC2Oc3ccccc3N(c3cccc(-c4ccccn4)c3)C2C=C1n1ncc2ccccc21. The topological polar surface area (TPSA) is 43.2 Å². The molecule has 3 aromatic carbocycles. The summed E-state index contributed by atoms with van der Waals surface area (Å²) in [7, 11) is 0. The molecular weight excluding hydrogens is 432 g/mol. The second kappa shape index (κ2) is 7.99. The first-order valence-corrected chi connectivity index (χ1v) is 11.7. The number of benzene rings is 3. The first-order chi connectivity index (χ1) is 17.3. The van der Waals surface area contributed by atoms with Gasteiger partial charge in [-0.05, 0) is 60.7 Å². The lowest BCUT2D eigenvalue weighted by atomic mass is 9.97. The van der Waals surface area contributed by atoms with E-state index < -0.39 is 0 Å². The van der Waals surface area contributed by atoms with E-state index in [-0.39, 0.29) is 12.1 Å². The van der Waals surface area contributed by atoms with Crippen molar-refractivity contribution in [1.82, 2.24) is 14.8 Å². The number of fused-ring (bicyclic) bond motifs is 3. The zero-order chi connectivity index (χ0) is 23.2. The molecule has 0 radical (unpaired) electrons. The molecule has 0 amide bonds. The molecule has 2 unspecified atom stereocenters. The van der Waals surface area contributed by atoms with Crippen molar-refractivity contribution in [3.63, 3.8) is 0 Å². The molecule has 2 atom stereocenters. The lowest BCUT2D eigenvalue weighted by molar-refractivity contribution is 0.218. The number of hydrogen-bond donors (Lipinski definition) is 0. The van der Waals surface area contributed by atoms with Crippen LogP contribution in [0, 0.1) is 0 Å². The zero-order valence-electron chi connectivity index (χ0n) is 18.9. The molecule has 0 saturated heterocycles. The summed E-state index contributed by atoms with van der Waals surface area (Å²) in [5.41, 5.74) is 6.29. The van der Waals surface area contributed by atoms with Crippen LogP contribution < -0.4 is 9.64 Å². The van der Waals surface area contributed by atoms with Crippen LogP contribution in [0.25, 0.3) is 27.9 Å². The lowest BCUT2D eigenvalue weighted by Crippen LogP contribution is -2.46. The predicted octanol–water partition coefficient (Wildman–Crippen LogP) is 6.48. The Morgan fingerprint density at radius 2 is 1.71 bits per heavy atom. The molecule has 1 aliphatic carbocycles. The Morgan fingerprint density at radius 3 is 2.66 bits per heavy atom. The standard InChI is InChI=1S/C30H22N4O/c1-2-12-26-22(8-1)20-32-34(26)24-15-16-30-28(19-24)33(27-13-3-4-14-29(27)35-30)23-10-7-9-21(18-23)25-11-5-6-17-31-25/h1-20,28,30H. The number of nitrogens with zero attached hydrogens (tertiary/aromatic N) is 4. The summed E-state index contributed by atoms with van der Waals surface area (Å²) in [5.74, 6) is 0.878. The van der Waals surface area contributed by atoms with Gasteiger partial charge in [0, 0.05) is 22.8 Å². The second-order valence-electron chi connectivity index (χ2n) is 8.74. The van der Waals surface area contributed by atoms with Crippen LogP contribution in [-0.4, -0.2) is 26.9 Å². The van der Waals surface area contributed by atoms with E-state index >= 15 is 0 Å². The van der Waals surface area contributed by atoms with Gasteiger partial charge in [0.05, 0.1) is 34.8 Å². The van der Waals surface area contributed by atoms with Crippen LogP contribution in [0.4, 0.5) is 11.4 Å². The molecular formula is C30H22N4O. The van der Waals surface area contributed by atoms with Crippen molar-refractivity contribution in [1.29, 1.82) is 0 Å². The molecule has 3 heterocycles. The lowest BCUT2D eigenvalue weighted by Gasteiger charge is -2.42. The normalized spacial score (nSPS) is 18.5. The molecule has 1 aliphatic heterocycles. The Labute approximate surface area is 203 Å². The van der Waals surface area contributed by atoms with Crippen LogP contribution >= 0.6 is 0 Å². The molecule has 0 N–H and O–H groups in total. The largest absolute Gasteiger partial charge is 0.482 e. The van der Waals surface area contributed by atoms with Gasteiger partial charge in [-0.15, -0.1) is 0 Å². The van der Waals surface area contributed by atoms with Gasteiger partial charge in [0.1, 0.15) is 11.9 Å². The average Bonchev–Trinajstić information content (AvgIpc) is 3.36. The van der Waals surface area contributed by atoms with Gasteiger partial charge in [-0.2, -0.15) is 5.10 Å². The average molecular weight is 455 g/mol.